The summed E-state index contributed by atoms with van der Waals surface area (Å²) in [6, 6.07) is 5.42. The van der Waals surface area contributed by atoms with Crippen LogP contribution in [0.25, 0.3) is 0 Å². The van der Waals surface area contributed by atoms with Gasteiger partial charge in [0.1, 0.15) is 17.7 Å². The van der Waals surface area contributed by atoms with E-state index in [4.69, 9.17) is 16.7 Å². The normalized spacial score (nSPS) is 10.1. The highest BCUT2D eigenvalue weighted by Gasteiger charge is 2.12. The zero-order valence-corrected chi connectivity index (χ0v) is 10.3. The van der Waals surface area contributed by atoms with Crippen molar-refractivity contribution >= 4 is 29.1 Å². The summed E-state index contributed by atoms with van der Waals surface area (Å²) in [5.74, 6) is -0.885. The van der Waals surface area contributed by atoms with E-state index in [0.29, 0.717) is 10.7 Å². The Bertz CT molecular complexity index is 602. The lowest BCUT2D eigenvalue weighted by atomic mass is 10.2. The van der Waals surface area contributed by atoms with Crippen LogP contribution in [0.5, 0.6) is 0 Å². The lowest BCUT2D eigenvalue weighted by Gasteiger charge is -2.09. The van der Waals surface area contributed by atoms with Crippen molar-refractivity contribution < 1.29 is 9.90 Å². The van der Waals surface area contributed by atoms with Gasteiger partial charge in [-0.2, -0.15) is 0 Å². The molecule has 6 heteroatoms. The van der Waals surface area contributed by atoms with Crippen LogP contribution in [-0.2, 0) is 0 Å². The maximum absolute atomic E-state index is 11.0. The van der Waals surface area contributed by atoms with E-state index in [9.17, 15) is 4.79 Å². The van der Waals surface area contributed by atoms with Crippen LogP contribution in [0.3, 0.4) is 0 Å². The molecule has 18 heavy (non-hydrogen) atoms. The fourth-order valence-corrected chi connectivity index (χ4v) is 1.72. The second kappa shape index (κ2) is 5.01. The van der Waals surface area contributed by atoms with Gasteiger partial charge in [-0.15, -0.1) is 0 Å². The lowest BCUT2D eigenvalue weighted by molar-refractivity contribution is 0.0697. The van der Waals surface area contributed by atoms with Crippen molar-refractivity contribution in [1.82, 2.24) is 9.97 Å². The third-order valence-electron chi connectivity index (χ3n) is 2.32. The number of nitrogens with zero attached hydrogens (tertiary/aromatic N) is 2. The Morgan fingerprint density at radius 2 is 2.22 bits per heavy atom. The molecule has 1 heterocycles. The third kappa shape index (κ3) is 2.57. The average Bonchev–Trinajstić information content (AvgIpc) is 2.33. The number of hydrogen-bond acceptors (Lipinski definition) is 4. The van der Waals surface area contributed by atoms with Gasteiger partial charge in [-0.25, -0.2) is 14.8 Å². The molecule has 0 aliphatic carbocycles. The number of aromatic nitrogens is 2. The van der Waals surface area contributed by atoms with Crippen LogP contribution in [0, 0.1) is 6.92 Å². The van der Waals surface area contributed by atoms with Crippen molar-refractivity contribution in [3.8, 4) is 0 Å². The first-order chi connectivity index (χ1) is 8.58. The van der Waals surface area contributed by atoms with Gasteiger partial charge in [-0.05, 0) is 24.6 Å². The Morgan fingerprint density at radius 3 is 2.89 bits per heavy atom. The molecule has 0 aliphatic rings. The molecule has 0 bridgehead atoms. The van der Waals surface area contributed by atoms with Crippen molar-refractivity contribution in [3.63, 3.8) is 0 Å². The smallest absolute Gasteiger partial charge is 0.341 e. The maximum atomic E-state index is 11.0. The lowest BCUT2D eigenvalue weighted by Crippen LogP contribution is -2.05. The second-order valence-electron chi connectivity index (χ2n) is 3.70. The summed E-state index contributed by atoms with van der Waals surface area (Å²) in [6.45, 7) is 1.92. The zero-order valence-electron chi connectivity index (χ0n) is 9.51. The van der Waals surface area contributed by atoms with Gasteiger partial charge in [0.2, 0.25) is 0 Å². The summed E-state index contributed by atoms with van der Waals surface area (Å²) in [4.78, 5) is 18.6. The Labute approximate surface area is 108 Å². The van der Waals surface area contributed by atoms with Crippen molar-refractivity contribution in [2.24, 2.45) is 0 Å². The Hall–Kier alpha value is -2.14. The fraction of sp³-hybridized carbons (Fsp3) is 0.0833. The van der Waals surface area contributed by atoms with Gasteiger partial charge in [-0.1, -0.05) is 17.7 Å². The number of halogens is 1. The highest BCUT2D eigenvalue weighted by Crippen LogP contribution is 2.26. The summed E-state index contributed by atoms with van der Waals surface area (Å²) >= 11 is 6.06. The quantitative estimate of drug-likeness (QED) is 0.891. The van der Waals surface area contributed by atoms with Gasteiger partial charge in [0, 0.05) is 6.20 Å². The molecule has 0 saturated heterocycles. The zero-order chi connectivity index (χ0) is 13.1. The summed E-state index contributed by atoms with van der Waals surface area (Å²) in [5.41, 5.74) is 1.62. The topological polar surface area (TPSA) is 75.1 Å². The Kier molecular flexibility index (Phi) is 3.43. The van der Waals surface area contributed by atoms with Crippen LogP contribution < -0.4 is 5.32 Å². The molecule has 0 radical (unpaired) electrons. The van der Waals surface area contributed by atoms with E-state index in [1.807, 2.05) is 13.0 Å². The molecular formula is C12H10ClN3O2. The molecule has 5 nitrogen and oxygen atoms in total. The van der Waals surface area contributed by atoms with Crippen molar-refractivity contribution in [2.75, 3.05) is 5.32 Å². The summed E-state index contributed by atoms with van der Waals surface area (Å²) < 4.78 is 0. The van der Waals surface area contributed by atoms with Crippen LogP contribution in [0.15, 0.2) is 30.7 Å². The fourth-order valence-electron chi connectivity index (χ4n) is 1.43. The minimum atomic E-state index is -1.10. The summed E-state index contributed by atoms with van der Waals surface area (Å²) in [6.07, 6.45) is 2.51. The number of carbonyl (C=O) groups is 1. The van der Waals surface area contributed by atoms with E-state index in [0.717, 1.165) is 5.56 Å². The molecule has 0 unspecified atom stereocenters. The maximum Gasteiger partial charge on any atom is 0.341 e. The molecular weight excluding hydrogens is 254 g/mol. The average molecular weight is 264 g/mol. The van der Waals surface area contributed by atoms with Crippen LogP contribution in [0.2, 0.25) is 5.02 Å². The number of rotatable bonds is 3. The molecule has 0 amide bonds. The standard InChI is InChI=1S/C12H10ClN3O2/c1-7-2-3-10(9(13)4-7)16-11-8(12(17)18)5-14-6-15-11/h2-6H,1H3,(H,17,18)(H,14,15,16). The number of anilines is 2. The number of carboxylic acids is 1. The van der Waals surface area contributed by atoms with Crippen molar-refractivity contribution in [1.29, 1.82) is 0 Å². The van der Waals surface area contributed by atoms with Gasteiger partial charge < -0.3 is 10.4 Å². The van der Waals surface area contributed by atoms with Gasteiger partial charge in [-0.3, -0.25) is 0 Å². The highest BCUT2D eigenvalue weighted by molar-refractivity contribution is 6.33. The molecule has 1 aromatic carbocycles. The van der Waals surface area contributed by atoms with E-state index in [1.165, 1.54) is 12.5 Å². The molecule has 0 atom stereocenters. The number of aromatic carboxylic acids is 1. The number of hydrogen-bond donors (Lipinski definition) is 2. The second-order valence-corrected chi connectivity index (χ2v) is 4.11. The van der Waals surface area contributed by atoms with Gasteiger partial charge in [0.15, 0.2) is 0 Å². The molecule has 1 aromatic heterocycles. The van der Waals surface area contributed by atoms with E-state index < -0.39 is 5.97 Å². The molecule has 2 rings (SSSR count). The minimum Gasteiger partial charge on any atom is -0.477 e. The van der Waals surface area contributed by atoms with E-state index in [1.54, 1.807) is 12.1 Å². The number of benzene rings is 1. The van der Waals surface area contributed by atoms with Crippen molar-refractivity contribution in [3.05, 3.63) is 46.9 Å². The number of carboxylic acid groups (broad SMARTS) is 1. The minimum absolute atomic E-state index is 0.00542. The van der Waals surface area contributed by atoms with Crippen molar-refractivity contribution in [2.45, 2.75) is 6.92 Å². The van der Waals surface area contributed by atoms with Gasteiger partial charge in [0.25, 0.3) is 0 Å². The molecule has 2 aromatic rings. The SMILES string of the molecule is Cc1ccc(Nc2ncncc2C(=O)O)c(Cl)c1. The first kappa shape index (κ1) is 12.3. The monoisotopic (exact) mass is 263 g/mol. The Balaban J connectivity index is 2.37. The molecule has 0 aliphatic heterocycles. The molecule has 0 fully saturated rings. The first-order valence-electron chi connectivity index (χ1n) is 5.14. The van der Waals surface area contributed by atoms with Gasteiger partial charge >= 0.3 is 5.97 Å². The van der Waals surface area contributed by atoms with Crippen LogP contribution in [-0.4, -0.2) is 21.0 Å². The molecule has 0 spiro atoms. The van der Waals surface area contributed by atoms with E-state index >= 15 is 0 Å². The predicted octanol–water partition coefficient (Wildman–Crippen LogP) is 2.88. The first-order valence-corrected chi connectivity index (χ1v) is 5.52. The molecule has 0 saturated carbocycles. The Morgan fingerprint density at radius 1 is 1.44 bits per heavy atom. The predicted molar refractivity (Wildman–Crippen MR) is 68.5 cm³/mol. The van der Waals surface area contributed by atoms with Crippen LogP contribution in [0.4, 0.5) is 11.5 Å². The van der Waals surface area contributed by atoms with Crippen LogP contribution >= 0.6 is 11.6 Å². The third-order valence-corrected chi connectivity index (χ3v) is 2.63. The molecule has 92 valence electrons. The highest BCUT2D eigenvalue weighted by atomic mass is 35.5. The number of nitrogens with one attached hydrogen (secondary N) is 1. The number of aryl methyl sites for hydroxylation is 1. The largest absolute Gasteiger partial charge is 0.477 e. The van der Waals surface area contributed by atoms with E-state index in [2.05, 4.69) is 15.3 Å². The van der Waals surface area contributed by atoms with E-state index in [-0.39, 0.29) is 11.4 Å². The van der Waals surface area contributed by atoms with Gasteiger partial charge in [0.05, 0.1) is 10.7 Å². The summed E-state index contributed by atoms with van der Waals surface area (Å²) in [7, 11) is 0. The molecule has 2 N–H and O–H groups in total. The summed E-state index contributed by atoms with van der Waals surface area (Å²) in [5, 5.41) is 12.4. The van der Waals surface area contributed by atoms with Crippen LogP contribution in [0.1, 0.15) is 15.9 Å².